The van der Waals surface area contributed by atoms with Crippen molar-refractivity contribution in [3.8, 4) is 0 Å². The monoisotopic (exact) mass is 344 g/mol. The Morgan fingerprint density at radius 3 is 1.78 bits per heavy atom. The van der Waals surface area contributed by atoms with E-state index in [2.05, 4.69) is 6.92 Å². The highest BCUT2D eigenvalue weighted by molar-refractivity contribution is 6.67. The summed E-state index contributed by atoms with van der Waals surface area (Å²) in [5.74, 6) is 0. The highest BCUT2D eigenvalue weighted by atomic mass is 35.5. The van der Waals surface area contributed by atoms with Crippen LogP contribution < -0.4 is 0 Å². The fourth-order valence-electron chi connectivity index (χ4n) is 1.73. The molecular weight excluding hydrogens is 320 g/mol. The Labute approximate surface area is 142 Å². The fraction of sp³-hybridized carbons (Fsp3) is 0.588. The zero-order valence-electron chi connectivity index (χ0n) is 13.6. The lowest BCUT2D eigenvalue weighted by Crippen LogP contribution is -2.12. The summed E-state index contributed by atoms with van der Waals surface area (Å²) in [4.78, 5) is 10.9. The third-order valence-corrected chi connectivity index (χ3v) is 3.13. The van der Waals surface area contributed by atoms with Gasteiger partial charge in [0.1, 0.15) is 0 Å². The summed E-state index contributed by atoms with van der Waals surface area (Å²) in [6, 6.07) is 7.02. The van der Waals surface area contributed by atoms with E-state index in [1.165, 1.54) is 0 Å². The van der Waals surface area contributed by atoms with Gasteiger partial charge >= 0.3 is 0 Å². The third-order valence-electron chi connectivity index (χ3n) is 2.91. The number of rotatable bonds is 14. The van der Waals surface area contributed by atoms with E-state index in [0.29, 0.717) is 51.8 Å². The third kappa shape index (κ3) is 10.4. The molecule has 6 heteroatoms. The van der Waals surface area contributed by atoms with Crippen molar-refractivity contribution in [2.24, 2.45) is 0 Å². The van der Waals surface area contributed by atoms with Crippen LogP contribution in [0.1, 0.15) is 29.3 Å². The molecular formula is C17H25ClO5. The molecule has 130 valence electrons. The molecule has 0 aliphatic carbocycles. The molecule has 1 aromatic carbocycles. The first-order valence-electron chi connectivity index (χ1n) is 7.83. The lowest BCUT2D eigenvalue weighted by atomic mass is 10.1. The number of benzene rings is 1. The van der Waals surface area contributed by atoms with Crippen molar-refractivity contribution >= 4 is 16.8 Å². The van der Waals surface area contributed by atoms with E-state index in [0.717, 1.165) is 18.6 Å². The van der Waals surface area contributed by atoms with Gasteiger partial charge in [0, 0.05) is 12.2 Å². The van der Waals surface area contributed by atoms with E-state index in [4.69, 9.17) is 30.5 Å². The zero-order chi connectivity index (χ0) is 16.8. The average molecular weight is 345 g/mol. The largest absolute Gasteiger partial charge is 0.379 e. The van der Waals surface area contributed by atoms with Crippen LogP contribution in [-0.4, -0.2) is 51.5 Å². The highest BCUT2D eigenvalue weighted by Crippen LogP contribution is 2.08. The van der Waals surface area contributed by atoms with Gasteiger partial charge in [-0.05, 0) is 35.7 Å². The molecule has 0 saturated heterocycles. The maximum atomic E-state index is 10.9. The molecule has 0 unspecified atom stereocenters. The second kappa shape index (κ2) is 13.5. The molecule has 0 spiro atoms. The maximum Gasteiger partial charge on any atom is 0.252 e. The molecule has 5 nitrogen and oxygen atoms in total. The van der Waals surface area contributed by atoms with Gasteiger partial charge in [-0.1, -0.05) is 19.1 Å². The summed E-state index contributed by atoms with van der Waals surface area (Å²) in [6.07, 6.45) is 1.03. The number of hydrogen-bond acceptors (Lipinski definition) is 5. The quantitative estimate of drug-likeness (QED) is 0.383. The minimum absolute atomic E-state index is 0.454. The van der Waals surface area contributed by atoms with Crippen LogP contribution in [0.2, 0.25) is 0 Å². The Morgan fingerprint density at radius 2 is 1.30 bits per heavy atom. The molecule has 0 aliphatic heterocycles. The molecule has 0 saturated carbocycles. The van der Waals surface area contributed by atoms with Gasteiger partial charge in [0.2, 0.25) is 0 Å². The summed E-state index contributed by atoms with van der Waals surface area (Å²) in [5.41, 5.74) is 1.47. The van der Waals surface area contributed by atoms with E-state index < -0.39 is 5.24 Å². The second-order valence-corrected chi connectivity index (χ2v) is 5.20. The Morgan fingerprint density at radius 1 is 0.826 bits per heavy atom. The van der Waals surface area contributed by atoms with Crippen molar-refractivity contribution in [1.29, 1.82) is 0 Å². The van der Waals surface area contributed by atoms with Gasteiger partial charge in [-0.3, -0.25) is 4.79 Å². The Bertz CT molecular complexity index is 421. The number of ether oxygens (including phenoxy) is 4. The van der Waals surface area contributed by atoms with Crippen LogP contribution in [-0.2, 0) is 25.6 Å². The first-order chi connectivity index (χ1) is 11.2. The van der Waals surface area contributed by atoms with E-state index in [9.17, 15) is 4.79 Å². The standard InChI is InChI=1S/C17H25ClO5/c1-2-7-20-8-9-21-10-11-22-12-13-23-14-15-3-5-16(6-4-15)17(18)19/h3-6H,2,7-14H2,1H3. The van der Waals surface area contributed by atoms with Gasteiger partial charge in [-0.25, -0.2) is 0 Å². The first-order valence-corrected chi connectivity index (χ1v) is 8.21. The summed E-state index contributed by atoms with van der Waals surface area (Å²) < 4.78 is 21.5. The van der Waals surface area contributed by atoms with Crippen LogP contribution in [0.4, 0.5) is 0 Å². The van der Waals surface area contributed by atoms with Crippen molar-refractivity contribution in [1.82, 2.24) is 0 Å². The summed E-state index contributed by atoms with van der Waals surface area (Å²) in [7, 11) is 0. The molecule has 1 aromatic rings. The SMILES string of the molecule is CCCOCCOCCOCCOCc1ccc(C(=O)Cl)cc1. The van der Waals surface area contributed by atoms with Crippen LogP contribution in [0.15, 0.2) is 24.3 Å². The maximum absolute atomic E-state index is 10.9. The van der Waals surface area contributed by atoms with Crippen molar-refractivity contribution in [2.45, 2.75) is 20.0 Å². The summed E-state index contributed by atoms with van der Waals surface area (Å²) in [6.45, 7) is 6.70. The zero-order valence-corrected chi connectivity index (χ0v) is 14.3. The highest BCUT2D eigenvalue weighted by Gasteiger charge is 2.01. The average Bonchev–Trinajstić information content (AvgIpc) is 2.56. The van der Waals surface area contributed by atoms with Gasteiger partial charge in [0.25, 0.3) is 5.24 Å². The predicted molar refractivity (Wildman–Crippen MR) is 89.0 cm³/mol. The molecule has 0 N–H and O–H groups in total. The molecule has 0 aliphatic rings. The topological polar surface area (TPSA) is 54.0 Å². The van der Waals surface area contributed by atoms with Crippen molar-refractivity contribution < 1.29 is 23.7 Å². The minimum atomic E-state index is -0.454. The van der Waals surface area contributed by atoms with Crippen molar-refractivity contribution in [3.63, 3.8) is 0 Å². The number of hydrogen-bond donors (Lipinski definition) is 0. The molecule has 0 fully saturated rings. The molecule has 0 atom stereocenters. The Hall–Kier alpha value is -0.980. The molecule has 0 aromatic heterocycles. The molecule has 23 heavy (non-hydrogen) atoms. The van der Waals surface area contributed by atoms with E-state index in [1.54, 1.807) is 12.1 Å². The Kier molecular flexibility index (Phi) is 11.7. The van der Waals surface area contributed by atoms with Crippen LogP contribution in [0.3, 0.4) is 0 Å². The van der Waals surface area contributed by atoms with Gasteiger partial charge in [-0.2, -0.15) is 0 Å². The van der Waals surface area contributed by atoms with Crippen LogP contribution in [0.25, 0.3) is 0 Å². The van der Waals surface area contributed by atoms with Crippen LogP contribution >= 0.6 is 11.6 Å². The normalized spacial score (nSPS) is 10.9. The number of carbonyl (C=O) groups excluding carboxylic acids is 1. The van der Waals surface area contributed by atoms with Crippen LogP contribution in [0, 0.1) is 0 Å². The van der Waals surface area contributed by atoms with Crippen molar-refractivity contribution in [3.05, 3.63) is 35.4 Å². The molecule has 0 bridgehead atoms. The molecule has 0 heterocycles. The first kappa shape index (κ1) is 20.1. The van der Waals surface area contributed by atoms with Gasteiger partial charge in [0.05, 0.1) is 46.2 Å². The molecule has 0 amide bonds. The number of carbonyl (C=O) groups is 1. The summed E-state index contributed by atoms with van der Waals surface area (Å²) in [5, 5.41) is -0.454. The van der Waals surface area contributed by atoms with E-state index >= 15 is 0 Å². The Balaban J connectivity index is 1.90. The molecule has 1 rings (SSSR count). The van der Waals surface area contributed by atoms with Crippen LogP contribution in [0.5, 0.6) is 0 Å². The smallest absolute Gasteiger partial charge is 0.252 e. The number of halogens is 1. The lowest BCUT2D eigenvalue weighted by molar-refractivity contribution is -0.00401. The van der Waals surface area contributed by atoms with Gasteiger partial charge < -0.3 is 18.9 Å². The molecule has 0 radical (unpaired) electrons. The predicted octanol–water partition coefficient (Wildman–Crippen LogP) is 3.04. The minimum Gasteiger partial charge on any atom is -0.379 e. The van der Waals surface area contributed by atoms with Gasteiger partial charge in [-0.15, -0.1) is 0 Å². The lowest BCUT2D eigenvalue weighted by Gasteiger charge is -2.07. The second-order valence-electron chi connectivity index (χ2n) is 4.86. The van der Waals surface area contributed by atoms with Crippen molar-refractivity contribution in [2.75, 3.05) is 46.2 Å². The van der Waals surface area contributed by atoms with Gasteiger partial charge in [0.15, 0.2) is 0 Å². The fourth-order valence-corrected chi connectivity index (χ4v) is 1.85. The van der Waals surface area contributed by atoms with E-state index in [-0.39, 0.29) is 0 Å². The van der Waals surface area contributed by atoms with E-state index in [1.807, 2.05) is 12.1 Å². The summed E-state index contributed by atoms with van der Waals surface area (Å²) >= 11 is 5.38.